The fourth-order valence-electron chi connectivity index (χ4n) is 3.35. The van der Waals surface area contributed by atoms with Gasteiger partial charge in [-0.15, -0.1) is 0 Å². The van der Waals surface area contributed by atoms with Gasteiger partial charge in [-0.1, -0.05) is 31.2 Å². The molecule has 2 N–H and O–H groups in total. The van der Waals surface area contributed by atoms with Gasteiger partial charge < -0.3 is 10.6 Å². The smallest absolute Gasteiger partial charge is 0.0473 e. The number of nitrogens with two attached hydrogens (primary N) is 1. The normalized spacial score (nSPS) is 19.4. The van der Waals surface area contributed by atoms with Crippen molar-refractivity contribution in [3.63, 3.8) is 0 Å². The second-order valence-electron chi connectivity index (χ2n) is 6.00. The van der Waals surface area contributed by atoms with E-state index in [0.29, 0.717) is 18.6 Å². The van der Waals surface area contributed by atoms with Crippen LogP contribution in [0, 0.1) is 0 Å². The van der Waals surface area contributed by atoms with Crippen molar-refractivity contribution in [3.05, 3.63) is 35.4 Å². The zero-order valence-electron chi connectivity index (χ0n) is 13.2. The average molecular weight is 275 g/mol. The molecule has 1 aromatic rings. The molecule has 0 amide bonds. The van der Waals surface area contributed by atoms with Crippen molar-refractivity contribution in [2.45, 2.75) is 38.3 Å². The SMILES string of the molecule is CCc1ccccc1C(CN)N(C)C1CCN(C)CC1. The molecule has 1 unspecified atom stereocenters. The van der Waals surface area contributed by atoms with Gasteiger partial charge in [-0.05, 0) is 57.6 Å². The molecular formula is C17H29N3. The molecule has 1 fully saturated rings. The van der Waals surface area contributed by atoms with Crippen LogP contribution in [-0.2, 0) is 6.42 Å². The van der Waals surface area contributed by atoms with Crippen LogP contribution in [0.25, 0.3) is 0 Å². The van der Waals surface area contributed by atoms with Crippen molar-refractivity contribution in [2.75, 3.05) is 33.7 Å². The van der Waals surface area contributed by atoms with E-state index < -0.39 is 0 Å². The van der Waals surface area contributed by atoms with E-state index >= 15 is 0 Å². The van der Waals surface area contributed by atoms with Crippen LogP contribution in [-0.4, -0.2) is 49.6 Å². The molecule has 1 heterocycles. The van der Waals surface area contributed by atoms with E-state index in [1.54, 1.807) is 0 Å². The zero-order valence-corrected chi connectivity index (χ0v) is 13.2. The Balaban J connectivity index is 2.14. The maximum absolute atomic E-state index is 6.11. The maximum Gasteiger partial charge on any atom is 0.0473 e. The average Bonchev–Trinajstić information content (AvgIpc) is 2.49. The Labute approximate surface area is 123 Å². The highest BCUT2D eigenvalue weighted by Crippen LogP contribution is 2.27. The number of nitrogens with zero attached hydrogens (tertiary/aromatic N) is 2. The molecule has 0 bridgehead atoms. The third kappa shape index (κ3) is 3.40. The summed E-state index contributed by atoms with van der Waals surface area (Å²) in [5, 5.41) is 0. The van der Waals surface area contributed by atoms with Crippen LogP contribution >= 0.6 is 0 Å². The summed E-state index contributed by atoms with van der Waals surface area (Å²) in [6, 6.07) is 9.76. The van der Waals surface area contributed by atoms with Gasteiger partial charge in [0.05, 0.1) is 0 Å². The molecule has 2 rings (SSSR count). The lowest BCUT2D eigenvalue weighted by atomic mass is 9.94. The molecule has 0 aromatic heterocycles. The minimum atomic E-state index is 0.347. The molecule has 1 aromatic carbocycles. The van der Waals surface area contributed by atoms with E-state index in [1.807, 2.05) is 0 Å². The van der Waals surface area contributed by atoms with Gasteiger partial charge in [0.2, 0.25) is 0 Å². The molecule has 1 atom stereocenters. The molecule has 3 nitrogen and oxygen atoms in total. The number of hydrogen-bond donors (Lipinski definition) is 1. The zero-order chi connectivity index (χ0) is 14.5. The Hall–Kier alpha value is -0.900. The maximum atomic E-state index is 6.11. The number of hydrogen-bond acceptors (Lipinski definition) is 3. The van der Waals surface area contributed by atoms with E-state index in [2.05, 4.69) is 55.1 Å². The number of aryl methyl sites for hydroxylation is 1. The summed E-state index contributed by atoms with van der Waals surface area (Å²) in [7, 11) is 4.46. The van der Waals surface area contributed by atoms with Crippen LogP contribution < -0.4 is 5.73 Å². The quantitative estimate of drug-likeness (QED) is 0.895. The molecule has 3 heteroatoms. The molecule has 1 aliphatic heterocycles. The van der Waals surface area contributed by atoms with Crippen LogP contribution in [0.15, 0.2) is 24.3 Å². The number of piperidine rings is 1. The molecule has 0 spiro atoms. The molecule has 20 heavy (non-hydrogen) atoms. The molecular weight excluding hydrogens is 246 g/mol. The minimum absolute atomic E-state index is 0.347. The first-order valence-corrected chi connectivity index (χ1v) is 7.85. The van der Waals surface area contributed by atoms with E-state index in [0.717, 1.165) is 6.42 Å². The van der Waals surface area contributed by atoms with E-state index in [-0.39, 0.29) is 0 Å². The summed E-state index contributed by atoms with van der Waals surface area (Å²) in [5.74, 6) is 0. The van der Waals surface area contributed by atoms with Crippen molar-refractivity contribution in [2.24, 2.45) is 5.73 Å². The highest BCUT2D eigenvalue weighted by atomic mass is 15.2. The molecule has 0 radical (unpaired) electrons. The van der Waals surface area contributed by atoms with Crippen LogP contribution in [0.1, 0.15) is 36.9 Å². The van der Waals surface area contributed by atoms with E-state index in [1.165, 1.54) is 37.1 Å². The van der Waals surface area contributed by atoms with E-state index in [4.69, 9.17) is 5.73 Å². The summed E-state index contributed by atoms with van der Waals surface area (Å²) >= 11 is 0. The van der Waals surface area contributed by atoms with Gasteiger partial charge in [-0.25, -0.2) is 0 Å². The molecule has 0 saturated carbocycles. The minimum Gasteiger partial charge on any atom is -0.329 e. The summed E-state index contributed by atoms with van der Waals surface area (Å²) < 4.78 is 0. The molecule has 112 valence electrons. The summed E-state index contributed by atoms with van der Waals surface area (Å²) in [4.78, 5) is 4.93. The van der Waals surface area contributed by atoms with Gasteiger partial charge in [0.15, 0.2) is 0 Å². The van der Waals surface area contributed by atoms with Gasteiger partial charge in [-0.3, -0.25) is 4.90 Å². The van der Waals surface area contributed by atoms with Crippen LogP contribution in [0.2, 0.25) is 0 Å². The van der Waals surface area contributed by atoms with Crippen LogP contribution in [0.3, 0.4) is 0 Å². The van der Waals surface area contributed by atoms with Crippen molar-refractivity contribution >= 4 is 0 Å². The topological polar surface area (TPSA) is 32.5 Å². The largest absolute Gasteiger partial charge is 0.329 e. The van der Waals surface area contributed by atoms with Crippen molar-refractivity contribution in [1.82, 2.24) is 9.80 Å². The highest BCUT2D eigenvalue weighted by Gasteiger charge is 2.27. The summed E-state index contributed by atoms with van der Waals surface area (Å²) in [6.45, 7) is 5.31. The van der Waals surface area contributed by atoms with Crippen LogP contribution in [0.4, 0.5) is 0 Å². The molecule has 0 aliphatic carbocycles. The lowest BCUT2D eigenvalue weighted by molar-refractivity contribution is 0.109. The molecule has 1 saturated heterocycles. The van der Waals surface area contributed by atoms with Crippen molar-refractivity contribution in [3.8, 4) is 0 Å². The highest BCUT2D eigenvalue weighted by molar-refractivity contribution is 5.30. The Bertz CT molecular complexity index is 410. The first kappa shape index (κ1) is 15.5. The van der Waals surface area contributed by atoms with Gasteiger partial charge in [-0.2, -0.15) is 0 Å². The molecule has 1 aliphatic rings. The second-order valence-corrected chi connectivity index (χ2v) is 6.00. The number of likely N-dealkylation sites (N-methyl/N-ethyl adjacent to an activating group) is 1. The Morgan fingerprint density at radius 3 is 2.55 bits per heavy atom. The van der Waals surface area contributed by atoms with Crippen molar-refractivity contribution < 1.29 is 0 Å². The third-order valence-corrected chi connectivity index (χ3v) is 4.77. The number of rotatable bonds is 5. The Morgan fingerprint density at radius 2 is 1.95 bits per heavy atom. The predicted octanol–water partition coefficient (Wildman–Crippen LogP) is 2.27. The van der Waals surface area contributed by atoms with Crippen molar-refractivity contribution in [1.29, 1.82) is 0 Å². The predicted molar refractivity (Wildman–Crippen MR) is 85.9 cm³/mol. The van der Waals surface area contributed by atoms with Gasteiger partial charge >= 0.3 is 0 Å². The van der Waals surface area contributed by atoms with Gasteiger partial charge in [0.25, 0.3) is 0 Å². The first-order valence-electron chi connectivity index (χ1n) is 7.85. The van der Waals surface area contributed by atoms with Gasteiger partial charge in [0.1, 0.15) is 0 Å². The Kier molecular flexibility index (Phi) is 5.58. The second kappa shape index (κ2) is 7.21. The number of benzene rings is 1. The lowest BCUT2D eigenvalue weighted by Gasteiger charge is -2.39. The Morgan fingerprint density at radius 1 is 1.30 bits per heavy atom. The van der Waals surface area contributed by atoms with Crippen LogP contribution in [0.5, 0.6) is 0 Å². The first-order chi connectivity index (χ1) is 9.67. The standard InChI is InChI=1S/C17H29N3/c1-4-14-7-5-6-8-16(14)17(13-18)20(3)15-9-11-19(2)12-10-15/h5-8,15,17H,4,9-13,18H2,1-3H3. The van der Waals surface area contributed by atoms with E-state index in [9.17, 15) is 0 Å². The summed E-state index contributed by atoms with van der Waals surface area (Å²) in [6.07, 6.45) is 3.57. The fourth-order valence-corrected chi connectivity index (χ4v) is 3.35. The lowest BCUT2D eigenvalue weighted by Crippen LogP contribution is -2.45. The monoisotopic (exact) mass is 275 g/mol. The van der Waals surface area contributed by atoms with Gasteiger partial charge in [0, 0.05) is 18.6 Å². The fraction of sp³-hybridized carbons (Fsp3) is 0.647. The number of likely N-dealkylation sites (tertiary alicyclic amines) is 1. The third-order valence-electron chi connectivity index (χ3n) is 4.77. The summed E-state index contributed by atoms with van der Waals surface area (Å²) in [5.41, 5.74) is 8.96.